The third kappa shape index (κ3) is 5.52. The number of likely N-dealkylation sites (N-methyl/N-ethyl adjacent to an activating group) is 1. The number of carbonyl (C=O) groups is 1. The van der Waals surface area contributed by atoms with E-state index in [9.17, 15) is 14.9 Å². The molecule has 0 aliphatic carbocycles. The predicted octanol–water partition coefficient (Wildman–Crippen LogP) is 3.51. The predicted molar refractivity (Wildman–Crippen MR) is 115 cm³/mol. The fourth-order valence-corrected chi connectivity index (χ4v) is 3.01. The fourth-order valence-electron chi connectivity index (χ4n) is 3.01. The summed E-state index contributed by atoms with van der Waals surface area (Å²) in [6.07, 6.45) is 6.28. The zero-order valence-electron chi connectivity index (χ0n) is 16.5. The first-order chi connectivity index (χ1) is 13.9. The number of amides is 1. The highest BCUT2D eigenvalue weighted by atomic mass is 16.6. The summed E-state index contributed by atoms with van der Waals surface area (Å²) in [5.74, 6) is -0.217. The molecule has 3 rings (SSSR count). The van der Waals surface area contributed by atoms with Crippen molar-refractivity contribution in [2.45, 2.75) is 13.0 Å². The quantitative estimate of drug-likeness (QED) is 0.349. The number of nitrogens with one attached hydrogen (secondary N) is 2. The number of aromatic amines is 1. The number of nitro benzene ring substituents is 1. The number of fused-ring (bicyclic) bond motifs is 1. The molecule has 0 aliphatic heterocycles. The molecule has 0 aliphatic rings. The smallest absolute Gasteiger partial charge is 0.269 e. The lowest BCUT2D eigenvalue weighted by molar-refractivity contribution is -0.384. The first-order valence-corrected chi connectivity index (χ1v) is 9.36. The van der Waals surface area contributed by atoms with Crippen LogP contribution in [-0.2, 0) is 17.8 Å². The van der Waals surface area contributed by atoms with Gasteiger partial charge in [0.1, 0.15) is 0 Å². The van der Waals surface area contributed by atoms with Crippen LogP contribution in [-0.4, -0.2) is 41.4 Å². The number of non-ortho nitro benzene ring substituents is 1. The highest BCUT2D eigenvalue weighted by Gasteiger charge is 2.06. The van der Waals surface area contributed by atoms with Crippen LogP contribution in [0.4, 0.5) is 5.69 Å². The van der Waals surface area contributed by atoms with Gasteiger partial charge in [-0.2, -0.15) is 0 Å². The lowest BCUT2D eigenvalue weighted by atomic mass is 10.1. The molecule has 1 amide bonds. The van der Waals surface area contributed by atoms with E-state index < -0.39 is 4.92 Å². The molecule has 7 heteroatoms. The average molecular weight is 392 g/mol. The van der Waals surface area contributed by atoms with Crippen LogP contribution >= 0.6 is 0 Å². The molecule has 0 radical (unpaired) electrons. The van der Waals surface area contributed by atoms with E-state index in [2.05, 4.69) is 35.4 Å². The first kappa shape index (κ1) is 20.3. The molecule has 0 spiro atoms. The van der Waals surface area contributed by atoms with Gasteiger partial charge in [-0.1, -0.05) is 18.2 Å². The Labute approximate surface area is 169 Å². The summed E-state index contributed by atoms with van der Waals surface area (Å²) in [4.78, 5) is 27.8. The molecule has 3 aromatic rings. The average Bonchev–Trinajstić information content (AvgIpc) is 3.11. The highest BCUT2D eigenvalue weighted by molar-refractivity contribution is 5.93. The molecule has 0 saturated carbocycles. The summed E-state index contributed by atoms with van der Waals surface area (Å²) in [5, 5.41) is 14.6. The van der Waals surface area contributed by atoms with E-state index >= 15 is 0 Å². The van der Waals surface area contributed by atoms with E-state index in [1.54, 1.807) is 18.2 Å². The lowest BCUT2D eigenvalue weighted by Crippen LogP contribution is -2.20. The van der Waals surface area contributed by atoms with Crippen molar-refractivity contribution in [3.05, 3.63) is 81.5 Å². The van der Waals surface area contributed by atoms with Crippen molar-refractivity contribution in [2.24, 2.45) is 0 Å². The highest BCUT2D eigenvalue weighted by Crippen LogP contribution is 2.21. The SMILES string of the molecule is CN(C)CCc1c[nH]c2ccc(/C=C/C(=O)NCc3ccc([N+](=O)[O-])cc3)cc12. The number of hydrogen-bond donors (Lipinski definition) is 2. The Kier molecular flexibility index (Phi) is 6.41. The number of H-pyrrole nitrogens is 1. The van der Waals surface area contributed by atoms with E-state index in [1.165, 1.54) is 29.2 Å². The maximum atomic E-state index is 12.1. The van der Waals surface area contributed by atoms with E-state index in [0.29, 0.717) is 6.54 Å². The van der Waals surface area contributed by atoms with Crippen LogP contribution in [0.25, 0.3) is 17.0 Å². The Hall–Kier alpha value is -3.45. The molecular formula is C22H24N4O3. The van der Waals surface area contributed by atoms with E-state index in [-0.39, 0.29) is 11.6 Å². The molecule has 2 N–H and O–H groups in total. The van der Waals surface area contributed by atoms with Crippen molar-refractivity contribution in [2.75, 3.05) is 20.6 Å². The Balaban J connectivity index is 1.61. The van der Waals surface area contributed by atoms with Gasteiger partial charge >= 0.3 is 0 Å². The second-order valence-corrected chi connectivity index (χ2v) is 7.15. The fraction of sp³-hybridized carbons (Fsp3) is 0.227. The summed E-state index contributed by atoms with van der Waals surface area (Å²) in [6.45, 7) is 1.28. The second kappa shape index (κ2) is 9.16. The second-order valence-electron chi connectivity index (χ2n) is 7.15. The van der Waals surface area contributed by atoms with Crippen LogP contribution in [0.2, 0.25) is 0 Å². The molecule has 0 unspecified atom stereocenters. The molecule has 7 nitrogen and oxygen atoms in total. The third-order valence-corrected chi connectivity index (χ3v) is 4.66. The minimum Gasteiger partial charge on any atom is -0.361 e. The Morgan fingerprint density at radius 1 is 1.21 bits per heavy atom. The standard InChI is InChI=1S/C22H24N4O3/c1-25(2)12-11-18-15-23-21-9-5-16(13-20(18)21)6-10-22(27)24-14-17-3-7-19(8-4-17)26(28)29/h3-10,13,15,23H,11-12,14H2,1-2H3,(H,24,27)/b10-6+. The number of aromatic nitrogens is 1. The summed E-state index contributed by atoms with van der Waals surface area (Å²) in [7, 11) is 4.11. The van der Waals surface area contributed by atoms with Gasteiger partial charge in [-0.15, -0.1) is 0 Å². The normalized spacial score (nSPS) is 11.4. The molecule has 150 valence electrons. The van der Waals surface area contributed by atoms with Gasteiger partial charge in [0.25, 0.3) is 5.69 Å². The minimum absolute atomic E-state index is 0.0325. The van der Waals surface area contributed by atoms with Crippen molar-refractivity contribution in [3.63, 3.8) is 0 Å². The van der Waals surface area contributed by atoms with Crippen molar-refractivity contribution in [1.82, 2.24) is 15.2 Å². The molecule has 2 aromatic carbocycles. The monoisotopic (exact) mass is 392 g/mol. The van der Waals surface area contributed by atoms with Crippen molar-refractivity contribution in [3.8, 4) is 0 Å². The third-order valence-electron chi connectivity index (χ3n) is 4.66. The minimum atomic E-state index is -0.446. The van der Waals surface area contributed by atoms with Crippen molar-refractivity contribution in [1.29, 1.82) is 0 Å². The van der Waals surface area contributed by atoms with Gasteiger partial charge in [0, 0.05) is 48.4 Å². The zero-order chi connectivity index (χ0) is 20.8. The number of nitrogens with zero attached hydrogens (tertiary/aromatic N) is 2. The lowest BCUT2D eigenvalue weighted by Gasteiger charge is -2.08. The molecule has 1 aromatic heterocycles. The van der Waals surface area contributed by atoms with Gasteiger partial charge in [-0.05, 0) is 55.4 Å². The molecule has 1 heterocycles. The molecule has 0 atom stereocenters. The van der Waals surface area contributed by atoms with Crippen LogP contribution in [0.15, 0.2) is 54.7 Å². The number of benzene rings is 2. The van der Waals surface area contributed by atoms with Crippen molar-refractivity contribution < 1.29 is 9.72 Å². The van der Waals surface area contributed by atoms with E-state index in [1.807, 2.05) is 18.3 Å². The summed E-state index contributed by atoms with van der Waals surface area (Å²) in [6, 6.07) is 12.2. The topological polar surface area (TPSA) is 91.3 Å². The van der Waals surface area contributed by atoms with Crippen LogP contribution in [0, 0.1) is 10.1 Å². The molecule has 0 saturated heterocycles. The van der Waals surface area contributed by atoms with Gasteiger partial charge in [-0.25, -0.2) is 0 Å². The van der Waals surface area contributed by atoms with Gasteiger partial charge in [-0.3, -0.25) is 14.9 Å². The van der Waals surface area contributed by atoms with Gasteiger partial charge in [0.05, 0.1) is 4.92 Å². The molecule has 0 bridgehead atoms. The van der Waals surface area contributed by atoms with Crippen LogP contribution in [0.1, 0.15) is 16.7 Å². The van der Waals surface area contributed by atoms with Crippen LogP contribution in [0.5, 0.6) is 0 Å². The molecule has 0 fully saturated rings. The first-order valence-electron chi connectivity index (χ1n) is 9.36. The largest absolute Gasteiger partial charge is 0.361 e. The zero-order valence-corrected chi connectivity index (χ0v) is 16.5. The Morgan fingerprint density at radius 3 is 2.66 bits per heavy atom. The Morgan fingerprint density at radius 2 is 1.97 bits per heavy atom. The maximum absolute atomic E-state index is 12.1. The van der Waals surface area contributed by atoms with Gasteiger partial charge < -0.3 is 15.2 Å². The number of rotatable bonds is 8. The number of carbonyl (C=O) groups excluding carboxylic acids is 1. The van der Waals surface area contributed by atoms with E-state index in [4.69, 9.17) is 0 Å². The number of hydrogen-bond acceptors (Lipinski definition) is 4. The van der Waals surface area contributed by atoms with Crippen LogP contribution in [0.3, 0.4) is 0 Å². The summed E-state index contributed by atoms with van der Waals surface area (Å²) < 4.78 is 0. The van der Waals surface area contributed by atoms with Crippen molar-refractivity contribution >= 4 is 28.6 Å². The molecular weight excluding hydrogens is 368 g/mol. The number of nitro groups is 1. The molecule has 29 heavy (non-hydrogen) atoms. The summed E-state index contributed by atoms with van der Waals surface area (Å²) in [5.41, 5.74) is 4.13. The van der Waals surface area contributed by atoms with Gasteiger partial charge in [0.15, 0.2) is 0 Å². The van der Waals surface area contributed by atoms with Gasteiger partial charge in [0.2, 0.25) is 5.91 Å². The summed E-state index contributed by atoms with van der Waals surface area (Å²) >= 11 is 0. The Bertz CT molecular complexity index is 1040. The van der Waals surface area contributed by atoms with E-state index in [0.717, 1.165) is 29.6 Å². The maximum Gasteiger partial charge on any atom is 0.269 e. The van der Waals surface area contributed by atoms with Crippen LogP contribution < -0.4 is 5.32 Å².